The molecule has 1 saturated heterocycles. The molecular formula is C12H20N2O3. The number of piperazine rings is 1. The van der Waals surface area contributed by atoms with Crippen LogP contribution in [0.5, 0.6) is 0 Å². The summed E-state index contributed by atoms with van der Waals surface area (Å²) in [4.78, 5) is 25.3. The van der Waals surface area contributed by atoms with Crippen LogP contribution < -0.4 is 5.32 Å². The van der Waals surface area contributed by atoms with Crippen LogP contribution >= 0.6 is 0 Å². The predicted molar refractivity (Wildman–Crippen MR) is 62.3 cm³/mol. The minimum absolute atomic E-state index is 0.00310. The third-order valence-corrected chi connectivity index (χ3v) is 3.19. The topological polar surface area (TPSA) is 58.6 Å². The monoisotopic (exact) mass is 240 g/mol. The summed E-state index contributed by atoms with van der Waals surface area (Å²) in [5.74, 6) is 0.365. The number of carbonyl (C=O) groups is 2. The Hall–Kier alpha value is -1.10. The SMILES string of the molecule is CC(C)OCCN1C(=O)CNC(=O)C1C1CC1. The van der Waals surface area contributed by atoms with E-state index in [4.69, 9.17) is 4.74 Å². The number of ether oxygens (including phenoxy) is 1. The number of hydrogen-bond acceptors (Lipinski definition) is 3. The molecule has 5 nitrogen and oxygen atoms in total. The quantitative estimate of drug-likeness (QED) is 0.744. The third kappa shape index (κ3) is 2.97. The van der Waals surface area contributed by atoms with Gasteiger partial charge in [-0.05, 0) is 32.6 Å². The number of amides is 2. The van der Waals surface area contributed by atoms with Gasteiger partial charge >= 0.3 is 0 Å². The van der Waals surface area contributed by atoms with Gasteiger partial charge in [0.2, 0.25) is 11.8 Å². The summed E-state index contributed by atoms with van der Waals surface area (Å²) in [6.45, 7) is 5.07. The first kappa shape index (κ1) is 12.4. The van der Waals surface area contributed by atoms with Gasteiger partial charge in [-0.1, -0.05) is 0 Å². The van der Waals surface area contributed by atoms with Crippen LogP contribution in [0.25, 0.3) is 0 Å². The first-order valence-corrected chi connectivity index (χ1v) is 6.28. The van der Waals surface area contributed by atoms with Crippen LogP contribution in [-0.4, -0.2) is 48.6 Å². The van der Waals surface area contributed by atoms with Gasteiger partial charge < -0.3 is 15.0 Å². The highest BCUT2D eigenvalue weighted by molar-refractivity contribution is 5.95. The van der Waals surface area contributed by atoms with E-state index < -0.39 is 0 Å². The van der Waals surface area contributed by atoms with E-state index in [-0.39, 0.29) is 30.5 Å². The molecule has 2 amide bonds. The van der Waals surface area contributed by atoms with E-state index in [1.807, 2.05) is 13.8 Å². The van der Waals surface area contributed by atoms with Crippen LogP contribution in [0.1, 0.15) is 26.7 Å². The summed E-state index contributed by atoms with van der Waals surface area (Å²) in [5.41, 5.74) is 0. The van der Waals surface area contributed by atoms with E-state index in [2.05, 4.69) is 5.32 Å². The summed E-state index contributed by atoms with van der Waals surface area (Å²) in [7, 11) is 0. The van der Waals surface area contributed by atoms with Crippen LogP contribution in [0.2, 0.25) is 0 Å². The van der Waals surface area contributed by atoms with Crippen molar-refractivity contribution in [2.75, 3.05) is 19.7 Å². The van der Waals surface area contributed by atoms with Crippen molar-refractivity contribution in [3.63, 3.8) is 0 Å². The second-order valence-electron chi connectivity index (χ2n) is 5.01. The largest absolute Gasteiger partial charge is 0.377 e. The number of rotatable bonds is 5. The first-order chi connectivity index (χ1) is 8.09. The molecule has 1 aliphatic carbocycles. The Morgan fingerprint density at radius 3 is 2.71 bits per heavy atom. The minimum atomic E-state index is -0.257. The Bertz CT molecular complexity index is 313. The fraction of sp³-hybridized carbons (Fsp3) is 0.833. The van der Waals surface area contributed by atoms with Crippen molar-refractivity contribution in [1.82, 2.24) is 10.2 Å². The average Bonchev–Trinajstić information content (AvgIpc) is 3.06. The molecule has 0 aromatic heterocycles. The zero-order valence-corrected chi connectivity index (χ0v) is 10.4. The van der Waals surface area contributed by atoms with Crippen molar-refractivity contribution in [3.05, 3.63) is 0 Å². The fourth-order valence-electron chi connectivity index (χ4n) is 2.20. The molecule has 1 heterocycles. The zero-order valence-electron chi connectivity index (χ0n) is 10.4. The number of nitrogens with zero attached hydrogens (tertiary/aromatic N) is 1. The molecule has 5 heteroatoms. The van der Waals surface area contributed by atoms with Crippen molar-refractivity contribution in [1.29, 1.82) is 0 Å². The highest BCUT2D eigenvalue weighted by Crippen LogP contribution is 2.36. The van der Waals surface area contributed by atoms with E-state index >= 15 is 0 Å². The molecule has 1 N–H and O–H groups in total. The standard InChI is InChI=1S/C12H20N2O3/c1-8(2)17-6-5-14-10(15)7-13-12(16)11(14)9-3-4-9/h8-9,11H,3-7H2,1-2H3,(H,13,16). The van der Waals surface area contributed by atoms with E-state index in [0.29, 0.717) is 19.1 Å². The third-order valence-electron chi connectivity index (χ3n) is 3.19. The Kier molecular flexibility index (Phi) is 3.66. The molecule has 2 aliphatic rings. The van der Waals surface area contributed by atoms with Crippen LogP contribution in [0.15, 0.2) is 0 Å². The first-order valence-electron chi connectivity index (χ1n) is 6.28. The molecule has 1 atom stereocenters. The van der Waals surface area contributed by atoms with Crippen LogP contribution in [0.3, 0.4) is 0 Å². The minimum Gasteiger partial charge on any atom is -0.377 e. The van der Waals surface area contributed by atoms with E-state index in [1.54, 1.807) is 4.90 Å². The molecule has 0 radical (unpaired) electrons. The Morgan fingerprint density at radius 2 is 2.12 bits per heavy atom. The molecule has 0 bridgehead atoms. The van der Waals surface area contributed by atoms with Gasteiger partial charge in [-0.2, -0.15) is 0 Å². The smallest absolute Gasteiger partial charge is 0.243 e. The van der Waals surface area contributed by atoms with Gasteiger partial charge in [0.15, 0.2) is 0 Å². The van der Waals surface area contributed by atoms with Crippen molar-refractivity contribution >= 4 is 11.8 Å². The number of hydrogen-bond donors (Lipinski definition) is 1. The summed E-state index contributed by atoms with van der Waals surface area (Å²) in [6.07, 6.45) is 2.25. The maximum atomic E-state index is 11.8. The normalized spacial score (nSPS) is 25.4. The Labute approximate surface area is 101 Å². The van der Waals surface area contributed by atoms with Gasteiger partial charge in [0.25, 0.3) is 0 Å². The Balaban J connectivity index is 1.94. The van der Waals surface area contributed by atoms with Crippen molar-refractivity contribution in [2.45, 2.75) is 38.8 Å². The highest BCUT2D eigenvalue weighted by Gasteiger charge is 2.44. The maximum absolute atomic E-state index is 11.8. The molecule has 1 unspecified atom stereocenters. The average molecular weight is 240 g/mol. The second-order valence-corrected chi connectivity index (χ2v) is 5.01. The predicted octanol–water partition coefficient (Wildman–Crippen LogP) is 0.148. The lowest BCUT2D eigenvalue weighted by molar-refractivity contribution is -0.147. The van der Waals surface area contributed by atoms with Crippen molar-refractivity contribution < 1.29 is 14.3 Å². The number of nitrogens with one attached hydrogen (secondary N) is 1. The van der Waals surface area contributed by atoms with Gasteiger partial charge in [0, 0.05) is 6.54 Å². The Morgan fingerprint density at radius 1 is 1.41 bits per heavy atom. The lowest BCUT2D eigenvalue weighted by Crippen LogP contribution is -2.59. The molecule has 0 spiro atoms. The zero-order chi connectivity index (χ0) is 12.4. The molecule has 1 saturated carbocycles. The van der Waals surface area contributed by atoms with E-state index in [1.165, 1.54) is 0 Å². The van der Waals surface area contributed by atoms with Crippen molar-refractivity contribution in [3.8, 4) is 0 Å². The summed E-state index contributed by atoms with van der Waals surface area (Å²) in [6, 6.07) is -0.257. The van der Waals surface area contributed by atoms with E-state index in [0.717, 1.165) is 12.8 Å². The summed E-state index contributed by atoms with van der Waals surface area (Å²) >= 11 is 0. The molecule has 1 aliphatic heterocycles. The van der Waals surface area contributed by atoms with Crippen LogP contribution in [0.4, 0.5) is 0 Å². The number of carbonyl (C=O) groups excluding carboxylic acids is 2. The molecule has 0 aromatic carbocycles. The van der Waals surface area contributed by atoms with Gasteiger partial charge in [-0.25, -0.2) is 0 Å². The molecule has 2 rings (SSSR count). The lowest BCUT2D eigenvalue weighted by Gasteiger charge is -2.35. The lowest BCUT2D eigenvalue weighted by atomic mass is 10.1. The molecule has 0 aromatic rings. The van der Waals surface area contributed by atoms with Crippen LogP contribution in [-0.2, 0) is 14.3 Å². The highest BCUT2D eigenvalue weighted by atomic mass is 16.5. The van der Waals surface area contributed by atoms with Crippen molar-refractivity contribution in [2.24, 2.45) is 5.92 Å². The molecule has 96 valence electrons. The molecular weight excluding hydrogens is 220 g/mol. The van der Waals surface area contributed by atoms with Gasteiger partial charge in [0.1, 0.15) is 6.04 Å². The second kappa shape index (κ2) is 5.04. The van der Waals surface area contributed by atoms with E-state index in [9.17, 15) is 9.59 Å². The maximum Gasteiger partial charge on any atom is 0.243 e. The fourth-order valence-corrected chi connectivity index (χ4v) is 2.20. The van der Waals surface area contributed by atoms with Gasteiger partial charge in [0.05, 0.1) is 19.3 Å². The molecule has 2 fully saturated rings. The summed E-state index contributed by atoms with van der Waals surface area (Å²) in [5, 5.41) is 2.66. The molecule has 17 heavy (non-hydrogen) atoms. The van der Waals surface area contributed by atoms with Gasteiger partial charge in [-0.3, -0.25) is 9.59 Å². The van der Waals surface area contributed by atoms with Crippen LogP contribution in [0, 0.1) is 5.92 Å². The van der Waals surface area contributed by atoms with Gasteiger partial charge in [-0.15, -0.1) is 0 Å². The summed E-state index contributed by atoms with van der Waals surface area (Å²) < 4.78 is 5.45.